The quantitative estimate of drug-likeness (QED) is 0.801. The third-order valence-electron chi connectivity index (χ3n) is 3.71. The first-order chi connectivity index (χ1) is 9.99. The van der Waals surface area contributed by atoms with E-state index in [1.165, 1.54) is 0 Å². The van der Waals surface area contributed by atoms with Gasteiger partial charge in [-0.2, -0.15) is 5.10 Å². The Morgan fingerprint density at radius 1 is 1.29 bits per heavy atom. The lowest BCUT2D eigenvalue weighted by atomic mass is 9.99. The van der Waals surface area contributed by atoms with Crippen LogP contribution in [0.15, 0.2) is 23.1 Å². The Hall–Kier alpha value is -1.86. The summed E-state index contributed by atoms with van der Waals surface area (Å²) >= 11 is 0. The van der Waals surface area contributed by atoms with E-state index in [2.05, 4.69) is 20.2 Å². The Balaban J connectivity index is 2.01. The Kier molecular flexibility index (Phi) is 3.46. The summed E-state index contributed by atoms with van der Waals surface area (Å²) in [4.78, 5) is 0.231. The normalized spacial score (nSPS) is 14.8. The maximum Gasteiger partial charge on any atom is 0.265 e. The number of aromatic nitrogens is 2. The van der Waals surface area contributed by atoms with Crippen LogP contribution in [0.2, 0.25) is 0 Å². The van der Waals surface area contributed by atoms with Crippen molar-refractivity contribution in [1.82, 2.24) is 15.5 Å². The van der Waals surface area contributed by atoms with Gasteiger partial charge >= 0.3 is 0 Å². The van der Waals surface area contributed by atoms with Crippen LogP contribution in [0.25, 0.3) is 0 Å². The summed E-state index contributed by atoms with van der Waals surface area (Å²) in [6, 6.07) is 5.71. The van der Waals surface area contributed by atoms with Gasteiger partial charge in [0.15, 0.2) is 0 Å². The summed E-state index contributed by atoms with van der Waals surface area (Å²) in [6.07, 6.45) is 0.817. The molecule has 2 heterocycles. The first kappa shape index (κ1) is 14.1. The van der Waals surface area contributed by atoms with Gasteiger partial charge in [0.2, 0.25) is 0 Å². The number of nitrogens with one attached hydrogen (secondary N) is 3. The van der Waals surface area contributed by atoms with E-state index in [1.54, 1.807) is 13.8 Å². The molecular formula is C14H18N4O2S. The zero-order valence-corrected chi connectivity index (χ0v) is 12.8. The number of anilines is 1. The monoisotopic (exact) mass is 306 g/mol. The van der Waals surface area contributed by atoms with Crippen molar-refractivity contribution >= 4 is 15.7 Å². The molecule has 7 heteroatoms. The summed E-state index contributed by atoms with van der Waals surface area (Å²) in [5.41, 5.74) is 3.90. The van der Waals surface area contributed by atoms with Gasteiger partial charge in [0.05, 0.1) is 17.1 Å². The molecule has 3 N–H and O–H groups in total. The lowest BCUT2D eigenvalue weighted by molar-refractivity contribution is 0.599. The second-order valence-electron chi connectivity index (χ2n) is 5.24. The van der Waals surface area contributed by atoms with E-state index in [9.17, 15) is 8.42 Å². The van der Waals surface area contributed by atoms with Crippen molar-refractivity contribution in [3.63, 3.8) is 0 Å². The van der Waals surface area contributed by atoms with Crippen LogP contribution in [0.5, 0.6) is 0 Å². The molecule has 0 spiro atoms. The highest BCUT2D eigenvalue weighted by atomic mass is 32.2. The highest BCUT2D eigenvalue weighted by molar-refractivity contribution is 7.92. The van der Waals surface area contributed by atoms with E-state index >= 15 is 0 Å². The lowest BCUT2D eigenvalue weighted by Crippen LogP contribution is -2.25. The van der Waals surface area contributed by atoms with Crippen LogP contribution in [-0.2, 0) is 23.0 Å². The number of rotatable bonds is 3. The number of aromatic amines is 1. The number of hydrogen-bond donors (Lipinski definition) is 3. The number of nitrogens with zero attached hydrogens (tertiary/aromatic N) is 1. The highest BCUT2D eigenvalue weighted by Crippen LogP contribution is 2.27. The smallest absolute Gasteiger partial charge is 0.265 e. The molecule has 112 valence electrons. The molecule has 1 aromatic heterocycles. The number of fused-ring (bicyclic) bond motifs is 1. The fraction of sp³-hybridized carbons (Fsp3) is 0.357. The van der Waals surface area contributed by atoms with Gasteiger partial charge in [-0.1, -0.05) is 12.1 Å². The molecule has 0 saturated heterocycles. The van der Waals surface area contributed by atoms with Crippen molar-refractivity contribution < 1.29 is 8.42 Å². The summed E-state index contributed by atoms with van der Waals surface area (Å²) in [6.45, 7) is 5.02. The number of aryl methyl sites for hydroxylation is 2. The Morgan fingerprint density at radius 3 is 2.81 bits per heavy atom. The molecule has 0 amide bonds. The molecule has 1 aliphatic rings. The molecule has 6 nitrogen and oxygen atoms in total. The minimum Gasteiger partial charge on any atom is -0.312 e. The van der Waals surface area contributed by atoms with Crippen molar-refractivity contribution in [2.45, 2.75) is 31.7 Å². The molecule has 0 fully saturated rings. The van der Waals surface area contributed by atoms with E-state index in [-0.39, 0.29) is 4.90 Å². The second-order valence-corrected chi connectivity index (χ2v) is 6.86. The second kappa shape index (κ2) is 5.16. The fourth-order valence-electron chi connectivity index (χ4n) is 2.76. The molecular weight excluding hydrogens is 288 g/mol. The van der Waals surface area contributed by atoms with Crippen molar-refractivity contribution in [2.75, 3.05) is 11.3 Å². The average molecular weight is 306 g/mol. The number of sulfonamides is 1. The molecule has 1 aromatic carbocycles. The maximum absolute atomic E-state index is 12.6. The average Bonchev–Trinajstić information content (AvgIpc) is 2.79. The van der Waals surface area contributed by atoms with E-state index in [0.29, 0.717) is 17.1 Å². The first-order valence-corrected chi connectivity index (χ1v) is 8.33. The number of benzene rings is 1. The minimum absolute atomic E-state index is 0.231. The SMILES string of the molecule is Cc1n[nH]c(C)c1S(=O)(=O)Nc1cccc2c1CCNC2. The van der Waals surface area contributed by atoms with Crippen LogP contribution in [0, 0.1) is 13.8 Å². The molecule has 0 radical (unpaired) electrons. The van der Waals surface area contributed by atoms with Crippen LogP contribution >= 0.6 is 0 Å². The Labute approximate surface area is 124 Å². The van der Waals surface area contributed by atoms with Crippen LogP contribution in [0.3, 0.4) is 0 Å². The Bertz CT molecular complexity index is 761. The van der Waals surface area contributed by atoms with Gasteiger partial charge in [0.1, 0.15) is 4.90 Å². The molecule has 21 heavy (non-hydrogen) atoms. The molecule has 0 bridgehead atoms. The predicted molar refractivity (Wildman–Crippen MR) is 80.7 cm³/mol. The molecule has 2 aromatic rings. The molecule has 0 aliphatic carbocycles. The van der Waals surface area contributed by atoms with Gasteiger partial charge in [-0.25, -0.2) is 8.42 Å². The van der Waals surface area contributed by atoms with Crippen molar-refractivity contribution in [1.29, 1.82) is 0 Å². The predicted octanol–water partition coefficient (Wildman–Crippen LogP) is 1.47. The summed E-state index contributed by atoms with van der Waals surface area (Å²) < 4.78 is 27.9. The molecule has 1 aliphatic heterocycles. The van der Waals surface area contributed by atoms with E-state index < -0.39 is 10.0 Å². The zero-order valence-electron chi connectivity index (χ0n) is 12.0. The summed E-state index contributed by atoms with van der Waals surface area (Å²) in [5.74, 6) is 0. The number of H-pyrrole nitrogens is 1. The van der Waals surface area contributed by atoms with Crippen molar-refractivity contribution in [3.8, 4) is 0 Å². The van der Waals surface area contributed by atoms with E-state index in [0.717, 1.165) is 30.6 Å². The third-order valence-corrected chi connectivity index (χ3v) is 5.34. The largest absolute Gasteiger partial charge is 0.312 e. The van der Waals surface area contributed by atoms with Gasteiger partial charge in [0.25, 0.3) is 10.0 Å². The molecule has 0 atom stereocenters. The lowest BCUT2D eigenvalue weighted by Gasteiger charge is -2.21. The third kappa shape index (κ3) is 2.54. The van der Waals surface area contributed by atoms with Gasteiger partial charge in [-0.05, 0) is 44.0 Å². The van der Waals surface area contributed by atoms with Crippen LogP contribution in [0.1, 0.15) is 22.5 Å². The topological polar surface area (TPSA) is 86.9 Å². The van der Waals surface area contributed by atoms with Crippen LogP contribution in [-0.4, -0.2) is 25.2 Å². The highest BCUT2D eigenvalue weighted by Gasteiger charge is 2.24. The minimum atomic E-state index is -3.63. The molecule has 0 saturated carbocycles. The summed E-state index contributed by atoms with van der Waals surface area (Å²) in [5, 5.41) is 9.95. The van der Waals surface area contributed by atoms with Gasteiger partial charge in [-0.3, -0.25) is 9.82 Å². The van der Waals surface area contributed by atoms with E-state index in [4.69, 9.17) is 0 Å². The standard InChI is InChI=1S/C14H18N4O2S/c1-9-14(10(2)17-16-9)21(19,20)18-13-5-3-4-11-8-15-7-6-12(11)13/h3-5,15,18H,6-8H2,1-2H3,(H,16,17). The van der Waals surface area contributed by atoms with Crippen molar-refractivity contribution in [3.05, 3.63) is 40.7 Å². The summed E-state index contributed by atoms with van der Waals surface area (Å²) in [7, 11) is -3.63. The fourth-order valence-corrected chi connectivity index (χ4v) is 4.23. The van der Waals surface area contributed by atoms with Gasteiger partial charge in [0, 0.05) is 6.54 Å². The molecule has 3 rings (SSSR count). The van der Waals surface area contributed by atoms with E-state index in [1.807, 2.05) is 18.2 Å². The van der Waals surface area contributed by atoms with Crippen molar-refractivity contribution in [2.24, 2.45) is 0 Å². The zero-order chi connectivity index (χ0) is 15.0. The maximum atomic E-state index is 12.6. The molecule has 0 unspecified atom stereocenters. The first-order valence-electron chi connectivity index (χ1n) is 6.85. The van der Waals surface area contributed by atoms with Gasteiger partial charge in [-0.15, -0.1) is 0 Å². The van der Waals surface area contributed by atoms with Crippen LogP contribution < -0.4 is 10.0 Å². The number of hydrogen-bond acceptors (Lipinski definition) is 4. The Morgan fingerprint density at radius 2 is 2.10 bits per heavy atom. The van der Waals surface area contributed by atoms with Gasteiger partial charge < -0.3 is 5.32 Å². The van der Waals surface area contributed by atoms with Crippen LogP contribution in [0.4, 0.5) is 5.69 Å².